The van der Waals surface area contributed by atoms with Gasteiger partial charge in [-0.15, -0.1) is 0 Å². The van der Waals surface area contributed by atoms with E-state index in [0.717, 1.165) is 41.8 Å². The van der Waals surface area contributed by atoms with Gasteiger partial charge in [0.2, 0.25) is 5.91 Å². The van der Waals surface area contributed by atoms with Crippen LogP contribution in [0.1, 0.15) is 56.9 Å². The molecule has 8 nitrogen and oxygen atoms in total. The quantitative estimate of drug-likeness (QED) is 0.287. The van der Waals surface area contributed by atoms with Crippen LogP contribution < -0.4 is 10.6 Å². The molecular formula is C36H37ClN4O4S. The Balaban J connectivity index is 1.12. The summed E-state index contributed by atoms with van der Waals surface area (Å²) in [5.41, 5.74) is 6.66. The van der Waals surface area contributed by atoms with Crippen LogP contribution in [0.25, 0.3) is 6.08 Å². The third-order valence-electron chi connectivity index (χ3n) is 9.94. The third kappa shape index (κ3) is 5.68. The second-order valence-corrected chi connectivity index (χ2v) is 14.5. The molecule has 0 saturated heterocycles. The number of aliphatic imine (C=N–C) groups is 1. The van der Waals surface area contributed by atoms with Crippen LogP contribution in [0, 0.1) is 11.8 Å². The maximum atomic E-state index is 13.9. The van der Waals surface area contributed by atoms with Crippen molar-refractivity contribution < 1.29 is 19.5 Å². The average molecular weight is 657 g/mol. The van der Waals surface area contributed by atoms with Crippen molar-refractivity contribution in [2.24, 2.45) is 16.8 Å². The van der Waals surface area contributed by atoms with Gasteiger partial charge in [-0.3, -0.25) is 14.6 Å². The number of carboxylic acid groups (broad SMARTS) is 1. The molecule has 2 saturated carbocycles. The number of carbonyl (C=O) groups is 3. The monoisotopic (exact) mass is 656 g/mol. The Hall–Kier alpha value is -3.82. The van der Waals surface area contributed by atoms with Crippen molar-refractivity contribution in [2.45, 2.75) is 56.9 Å². The lowest BCUT2D eigenvalue weighted by molar-refractivity contribution is -0.131. The molecule has 3 N–H and O–H groups in total. The predicted octanol–water partition coefficient (Wildman–Crippen LogP) is 6.56. The van der Waals surface area contributed by atoms with Crippen LogP contribution >= 0.6 is 23.4 Å². The van der Waals surface area contributed by atoms with E-state index in [9.17, 15) is 14.4 Å². The van der Waals surface area contributed by atoms with E-state index in [1.807, 2.05) is 6.08 Å². The van der Waals surface area contributed by atoms with Crippen LogP contribution in [-0.2, 0) is 14.4 Å². The number of nitrogens with one attached hydrogen (secondary N) is 2. The fourth-order valence-corrected chi connectivity index (χ4v) is 8.90. The van der Waals surface area contributed by atoms with Crippen molar-refractivity contribution >= 4 is 58.0 Å². The van der Waals surface area contributed by atoms with Gasteiger partial charge < -0.3 is 20.6 Å². The summed E-state index contributed by atoms with van der Waals surface area (Å²) in [6.07, 6.45) is 17.0. The van der Waals surface area contributed by atoms with E-state index in [1.54, 1.807) is 24.3 Å². The largest absolute Gasteiger partial charge is 0.478 e. The summed E-state index contributed by atoms with van der Waals surface area (Å²) in [7, 11) is 2.09. The Morgan fingerprint density at radius 3 is 2.52 bits per heavy atom. The molecule has 10 heteroatoms. The van der Waals surface area contributed by atoms with Crippen molar-refractivity contribution in [3.63, 3.8) is 0 Å². The van der Waals surface area contributed by atoms with E-state index in [2.05, 4.69) is 34.9 Å². The van der Waals surface area contributed by atoms with Gasteiger partial charge in [-0.1, -0.05) is 60.8 Å². The van der Waals surface area contributed by atoms with Gasteiger partial charge in [0.25, 0.3) is 5.91 Å². The molecule has 2 aliphatic heterocycles. The molecule has 2 amide bonds. The minimum Gasteiger partial charge on any atom is -0.478 e. The minimum absolute atomic E-state index is 0.0452. The lowest BCUT2D eigenvalue weighted by Gasteiger charge is -2.41. The Morgan fingerprint density at radius 2 is 1.83 bits per heavy atom. The number of nitrogens with zero attached hydrogens (tertiary/aromatic N) is 2. The highest BCUT2D eigenvalue weighted by Crippen LogP contribution is 2.58. The van der Waals surface area contributed by atoms with Gasteiger partial charge in [-0.05, 0) is 95.7 Å². The Bertz CT molecular complexity index is 1720. The molecule has 7 rings (SSSR count). The molecule has 2 heterocycles. The van der Waals surface area contributed by atoms with Crippen LogP contribution in [0.5, 0.6) is 0 Å². The van der Waals surface area contributed by atoms with Crippen LogP contribution in [0.3, 0.4) is 0 Å². The first kappa shape index (κ1) is 30.8. The number of anilines is 1. The Labute approximate surface area is 278 Å². The summed E-state index contributed by atoms with van der Waals surface area (Å²) in [6, 6.07) is 6.92. The topological polar surface area (TPSA) is 111 Å². The second kappa shape index (κ2) is 12.4. The van der Waals surface area contributed by atoms with E-state index >= 15 is 0 Å². The van der Waals surface area contributed by atoms with Crippen LogP contribution in [-0.4, -0.2) is 58.5 Å². The van der Waals surface area contributed by atoms with Crippen molar-refractivity contribution in [1.82, 2.24) is 10.2 Å². The predicted molar refractivity (Wildman–Crippen MR) is 183 cm³/mol. The molecule has 0 radical (unpaired) electrons. The zero-order valence-corrected chi connectivity index (χ0v) is 27.3. The van der Waals surface area contributed by atoms with Crippen molar-refractivity contribution in [2.75, 3.05) is 25.5 Å². The number of hydrogen-bond acceptors (Lipinski definition) is 6. The summed E-state index contributed by atoms with van der Waals surface area (Å²) in [5, 5.41) is 16.1. The number of aliphatic carboxylic acids is 1. The zero-order valence-electron chi connectivity index (χ0n) is 25.8. The number of fused-ring (bicyclic) bond motifs is 4. The second-order valence-electron chi connectivity index (χ2n) is 13.0. The fraction of sp³-hybridized carbons (Fsp3) is 0.389. The average Bonchev–Trinajstić information content (AvgIpc) is 3.51. The van der Waals surface area contributed by atoms with E-state index < -0.39 is 11.5 Å². The molecule has 4 aliphatic carbocycles. The molecule has 238 valence electrons. The molecule has 0 aromatic heterocycles. The number of likely N-dealkylation sites (N-methyl/N-ethyl adjacent to an activating group) is 1. The van der Waals surface area contributed by atoms with Crippen LogP contribution in [0.2, 0.25) is 0 Å². The summed E-state index contributed by atoms with van der Waals surface area (Å²) >= 11 is 8.30. The molecule has 6 aliphatic rings. The minimum atomic E-state index is -1.03. The highest BCUT2D eigenvalue weighted by molar-refractivity contribution is 8.19. The number of thioether (sulfide) groups is 1. The molecule has 0 spiro atoms. The lowest BCUT2D eigenvalue weighted by Crippen LogP contribution is -2.62. The normalized spacial score (nSPS) is 23.8. The fourth-order valence-electron chi connectivity index (χ4n) is 7.54. The van der Waals surface area contributed by atoms with Crippen LogP contribution in [0.15, 0.2) is 91.5 Å². The number of allylic oxidation sites excluding steroid dienone is 7. The number of benzene rings is 1. The summed E-state index contributed by atoms with van der Waals surface area (Å²) in [5.74, 6) is -1.09. The van der Waals surface area contributed by atoms with Gasteiger partial charge in [0.1, 0.15) is 5.54 Å². The highest BCUT2D eigenvalue weighted by atomic mass is 35.5. The lowest BCUT2D eigenvalue weighted by atomic mass is 9.75. The Morgan fingerprint density at radius 1 is 1.07 bits per heavy atom. The first-order chi connectivity index (χ1) is 22.2. The van der Waals surface area contributed by atoms with Gasteiger partial charge in [0.15, 0.2) is 5.04 Å². The molecule has 1 atom stereocenters. The maximum absolute atomic E-state index is 13.9. The summed E-state index contributed by atoms with van der Waals surface area (Å²) < 4.78 is 0. The Kier molecular flexibility index (Phi) is 8.32. The standard InChI is InChI=1S/C36H37ClN4O4S/c1-41-19-23-18-38-34(33(44)40-36(16-5-17-36)35(45)39-24-11-8-21(9-12-24)10-15-28(42)43)46-32(23)31-26(20-41)30-25(13-14-27(30)37)29(31)22-6-3-2-4-7-22/h8-15,20,22,30H,2-7,16-19H2,1H3,(H,39,45)(H,40,44)(H,42,43)/b15-10+. The van der Waals surface area contributed by atoms with E-state index in [1.165, 1.54) is 65.0 Å². The van der Waals surface area contributed by atoms with Crippen LogP contribution in [0.4, 0.5) is 5.69 Å². The zero-order chi connectivity index (χ0) is 32.0. The first-order valence-corrected chi connectivity index (χ1v) is 17.3. The van der Waals surface area contributed by atoms with E-state index in [0.29, 0.717) is 41.6 Å². The highest BCUT2D eigenvalue weighted by Gasteiger charge is 2.48. The smallest absolute Gasteiger partial charge is 0.328 e. The molecule has 0 bridgehead atoms. The van der Waals surface area contributed by atoms with Gasteiger partial charge in [0.05, 0.1) is 6.54 Å². The summed E-state index contributed by atoms with van der Waals surface area (Å²) in [4.78, 5) is 46.3. The molecule has 46 heavy (non-hydrogen) atoms. The third-order valence-corrected chi connectivity index (χ3v) is 11.5. The van der Waals surface area contributed by atoms with Gasteiger partial charge in [-0.25, -0.2) is 4.79 Å². The molecule has 2 fully saturated rings. The number of hydrogen-bond donors (Lipinski definition) is 3. The molecular weight excluding hydrogens is 620 g/mol. The molecule has 1 aromatic rings. The van der Waals surface area contributed by atoms with Gasteiger partial charge >= 0.3 is 5.97 Å². The van der Waals surface area contributed by atoms with Crippen molar-refractivity contribution in [3.8, 4) is 0 Å². The van der Waals surface area contributed by atoms with Gasteiger partial charge in [0, 0.05) is 47.4 Å². The number of carboxylic acids is 1. The number of halogens is 1. The van der Waals surface area contributed by atoms with Crippen molar-refractivity contribution in [1.29, 1.82) is 0 Å². The SMILES string of the molecule is CN1C=C2C(=C(C3CCCCC3)C3=CC=C(Cl)C23)C2=C(CN=C(C(=O)NC3(C(=O)Nc4ccc(/C=C/C(=O)O)cc4)CCC3)S2)C1. The number of rotatable bonds is 7. The van der Waals surface area contributed by atoms with E-state index in [4.69, 9.17) is 21.7 Å². The maximum Gasteiger partial charge on any atom is 0.328 e. The first-order valence-electron chi connectivity index (χ1n) is 16.1. The molecule has 1 aromatic carbocycles. The molecule has 1 unspecified atom stereocenters. The number of amides is 2. The van der Waals surface area contributed by atoms with Gasteiger partial charge in [-0.2, -0.15) is 0 Å². The summed E-state index contributed by atoms with van der Waals surface area (Å²) in [6.45, 7) is 1.17. The van der Waals surface area contributed by atoms with E-state index in [-0.39, 0.29) is 17.7 Å². The van der Waals surface area contributed by atoms with Crippen molar-refractivity contribution in [3.05, 3.63) is 92.1 Å². The number of carbonyl (C=O) groups excluding carboxylic acids is 2.